The Morgan fingerprint density at radius 1 is 1.54 bits per heavy atom. The Hall–Kier alpha value is -1.96. The second-order valence-corrected chi connectivity index (χ2v) is 2.29. The largest absolute Gasteiger partial charge is 0.465 e. The second kappa shape index (κ2) is 3.63. The van der Waals surface area contributed by atoms with Crippen LogP contribution in [0.3, 0.4) is 0 Å². The number of carbonyl (C=O) groups is 1. The van der Waals surface area contributed by atoms with Crippen LogP contribution in [0.25, 0.3) is 4.98 Å². The molecule has 0 spiro atoms. The summed E-state index contributed by atoms with van der Waals surface area (Å²) in [5.74, 6) is -1.33. The summed E-state index contributed by atoms with van der Waals surface area (Å²) in [5.41, 5.74) is -0.0179. The van der Waals surface area contributed by atoms with Crippen LogP contribution in [0.15, 0.2) is 18.2 Å². The molecule has 0 aliphatic heterocycles. The average Bonchev–Trinajstić information content (AvgIpc) is 2.15. The van der Waals surface area contributed by atoms with Gasteiger partial charge in [0.2, 0.25) is 5.39 Å². The third-order valence-electron chi connectivity index (χ3n) is 1.42. The Bertz CT molecular complexity index is 384. The minimum Gasteiger partial charge on any atom is -0.465 e. The monoisotopic (exact) mass is 181 g/mol. The molecule has 0 aliphatic carbocycles. The molecule has 5 heteroatoms. The summed E-state index contributed by atoms with van der Waals surface area (Å²) < 4.78 is 17.1. The Morgan fingerprint density at radius 2 is 2.23 bits per heavy atom. The van der Waals surface area contributed by atoms with Crippen molar-refractivity contribution in [2.75, 3.05) is 7.11 Å². The summed E-state index contributed by atoms with van der Waals surface area (Å²) >= 11 is 0. The molecule has 1 rings (SSSR count). The maximum absolute atomic E-state index is 12.7. The smallest absolute Gasteiger partial charge is 0.388 e. The van der Waals surface area contributed by atoms with Crippen LogP contribution in [0.4, 0.5) is 10.1 Å². The Kier molecular flexibility index (Phi) is 2.55. The number of halogens is 1. The second-order valence-electron chi connectivity index (χ2n) is 2.29. The van der Waals surface area contributed by atoms with E-state index in [4.69, 9.17) is 5.39 Å². The number of carbonyl (C=O) groups excluding carboxylic acids is 1. The van der Waals surface area contributed by atoms with Crippen LogP contribution in [-0.4, -0.2) is 13.1 Å². The first-order valence-electron chi connectivity index (χ1n) is 3.41. The molecule has 0 amide bonds. The van der Waals surface area contributed by atoms with Crippen LogP contribution < -0.4 is 0 Å². The van der Waals surface area contributed by atoms with Gasteiger partial charge in [-0.3, -0.25) is 0 Å². The molecule has 4 nitrogen and oxygen atoms in total. The highest BCUT2D eigenvalue weighted by molar-refractivity contribution is 5.90. The summed E-state index contributed by atoms with van der Waals surface area (Å²) in [4.78, 5) is 13.7. The lowest BCUT2D eigenvalue weighted by atomic mass is 10.2. The quantitative estimate of drug-likeness (QED) is 0.492. The Labute approximate surface area is 73.6 Å². The van der Waals surface area contributed by atoms with Crippen LogP contribution in [0, 0.1) is 11.2 Å². The van der Waals surface area contributed by atoms with Gasteiger partial charge in [0.25, 0.3) is 0 Å². The molecule has 0 fully saturated rings. The van der Waals surface area contributed by atoms with Gasteiger partial charge in [0, 0.05) is 6.07 Å². The van der Waals surface area contributed by atoms with E-state index in [0.29, 0.717) is 0 Å². The molecule has 0 saturated heterocycles. The van der Waals surface area contributed by atoms with Crippen molar-refractivity contribution in [3.63, 3.8) is 0 Å². The van der Waals surface area contributed by atoms with Crippen LogP contribution in [0.1, 0.15) is 10.4 Å². The van der Waals surface area contributed by atoms with Gasteiger partial charge < -0.3 is 4.74 Å². The SMILES string of the molecule is COC(=O)c1cc(F)cc([N+]#N)c1. The number of hydrogen-bond acceptors (Lipinski definition) is 3. The van der Waals surface area contributed by atoms with Gasteiger partial charge in [-0.25, -0.2) is 9.18 Å². The summed E-state index contributed by atoms with van der Waals surface area (Å²) in [6.07, 6.45) is 0. The molecule has 13 heavy (non-hydrogen) atoms. The van der Waals surface area contributed by atoms with Crippen molar-refractivity contribution in [3.8, 4) is 0 Å². The molecule has 0 unspecified atom stereocenters. The molecule has 0 atom stereocenters. The topological polar surface area (TPSA) is 54.5 Å². The maximum atomic E-state index is 12.7. The van der Waals surface area contributed by atoms with E-state index in [9.17, 15) is 9.18 Å². The van der Waals surface area contributed by atoms with Crippen molar-refractivity contribution in [2.24, 2.45) is 0 Å². The summed E-state index contributed by atoms with van der Waals surface area (Å²) in [6.45, 7) is 0. The van der Waals surface area contributed by atoms with E-state index in [0.717, 1.165) is 12.1 Å². The number of benzene rings is 1. The van der Waals surface area contributed by atoms with Crippen LogP contribution in [-0.2, 0) is 4.74 Å². The summed E-state index contributed by atoms with van der Waals surface area (Å²) in [7, 11) is 1.18. The number of hydrogen-bond donors (Lipinski definition) is 0. The van der Waals surface area contributed by atoms with Crippen LogP contribution in [0.5, 0.6) is 0 Å². The standard InChI is InChI=1S/C8H6FN2O2/c1-13-8(12)5-2-6(9)4-7(3-5)11-10/h2-4H,1H3/q+1. The zero-order valence-corrected chi connectivity index (χ0v) is 6.82. The van der Waals surface area contributed by atoms with E-state index in [1.807, 2.05) is 0 Å². The Balaban J connectivity index is 3.17. The number of esters is 1. The molecule has 0 bridgehead atoms. The van der Waals surface area contributed by atoms with Crippen LogP contribution >= 0.6 is 0 Å². The first-order valence-corrected chi connectivity index (χ1v) is 3.41. The van der Waals surface area contributed by atoms with Gasteiger partial charge in [0.05, 0.1) is 18.7 Å². The highest BCUT2D eigenvalue weighted by Gasteiger charge is 2.14. The fourth-order valence-electron chi connectivity index (χ4n) is 0.868. The van der Waals surface area contributed by atoms with Gasteiger partial charge in [0.15, 0.2) is 4.98 Å². The normalized spacial score (nSPS) is 9.00. The predicted molar refractivity (Wildman–Crippen MR) is 42.5 cm³/mol. The molecule has 0 aromatic heterocycles. The summed E-state index contributed by atoms with van der Waals surface area (Å²) in [5, 5.41) is 8.35. The van der Waals surface area contributed by atoms with Crippen molar-refractivity contribution in [3.05, 3.63) is 34.6 Å². The van der Waals surface area contributed by atoms with Gasteiger partial charge >= 0.3 is 11.7 Å². The Morgan fingerprint density at radius 3 is 2.77 bits per heavy atom. The van der Waals surface area contributed by atoms with Crippen molar-refractivity contribution in [2.45, 2.75) is 0 Å². The molecule has 0 radical (unpaired) electrons. The van der Waals surface area contributed by atoms with Crippen molar-refractivity contribution < 1.29 is 13.9 Å². The van der Waals surface area contributed by atoms with Gasteiger partial charge in [-0.05, 0) is 6.07 Å². The molecule has 66 valence electrons. The predicted octanol–water partition coefficient (Wildman–Crippen LogP) is 2.10. The molecule has 0 aliphatic rings. The minimum absolute atomic E-state index is 0.00954. The maximum Gasteiger partial charge on any atom is 0.388 e. The number of rotatable bonds is 1. The molecule has 1 aromatic carbocycles. The highest BCUT2D eigenvalue weighted by Crippen LogP contribution is 2.17. The minimum atomic E-state index is -0.676. The van der Waals surface area contributed by atoms with Gasteiger partial charge in [0.1, 0.15) is 5.82 Å². The van der Waals surface area contributed by atoms with Crippen LogP contribution in [0.2, 0.25) is 0 Å². The van der Waals surface area contributed by atoms with E-state index in [1.165, 1.54) is 13.2 Å². The number of diazo groups is 1. The molecule has 0 saturated carbocycles. The number of ether oxygens (including phenoxy) is 1. The molecule has 1 aromatic rings. The zero-order valence-electron chi connectivity index (χ0n) is 6.82. The molecular weight excluding hydrogens is 175 g/mol. The lowest BCUT2D eigenvalue weighted by molar-refractivity contribution is 0.0600. The van der Waals surface area contributed by atoms with Gasteiger partial charge in [-0.1, -0.05) is 0 Å². The van der Waals surface area contributed by atoms with E-state index in [2.05, 4.69) is 9.71 Å². The fourth-order valence-corrected chi connectivity index (χ4v) is 0.868. The molecular formula is C8H6FN2O2+. The first kappa shape index (κ1) is 9.13. The molecule has 0 N–H and O–H groups in total. The van der Waals surface area contributed by atoms with Crippen molar-refractivity contribution in [1.82, 2.24) is 0 Å². The van der Waals surface area contributed by atoms with E-state index in [1.54, 1.807) is 0 Å². The lowest BCUT2D eigenvalue weighted by Crippen LogP contribution is -2.00. The molecule has 0 heterocycles. The fraction of sp³-hybridized carbons (Fsp3) is 0.125. The van der Waals surface area contributed by atoms with Crippen molar-refractivity contribution in [1.29, 1.82) is 5.39 Å². The van der Waals surface area contributed by atoms with Gasteiger partial charge in [-0.2, -0.15) is 0 Å². The number of methoxy groups -OCH3 is 1. The zero-order chi connectivity index (χ0) is 9.84. The third kappa shape index (κ3) is 1.99. The average molecular weight is 181 g/mol. The third-order valence-corrected chi connectivity index (χ3v) is 1.42. The van der Waals surface area contributed by atoms with Crippen molar-refractivity contribution >= 4 is 11.7 Å². The number of nitrogens with zero attached hydrogens (tertiary/aromatic N) is 2. The highest BCUT2D eigenvalue weighted by atomic mass is 19.1. The first-order chi connectivity index (χ1) is 6.17. The van der Waals surface area contributed by atoms with Gasteiger partial charge in [-0.15, -0.1) is 0 Å². The van der Waals surface area contributed by atoms with E-state index >= 15 is 0 Å². The lowest BCUT2D eigenvalue weighted by Gasteiger charge is -1.95. The van der Waals surface area contributed by atoms with E-state index in [-0.39, 0.29) is 11.3 Å². The summed E-state index contributed by atoms with van der Waals surface area (Å²) in [6, 6.07) is 3.21. The van der Waals surface area contributed by atoms with E-state index < -0.39 is 11.8 Å².